The van der Waals surface area contributed by atoms with Crippen LogP contribution in [0.3, 0.4) is 0 Å². The monoisotopic (exact) mass is 452 g/mol. The van der Waals surface area contributed by atoms with Crippen molar-refractivity contribution < 1.29 is 29.0 Å². The number of aliphatic carboxylic acids is 1. The molecule has 2 aliphatic heterocycles. The average molecular weight is 453 g/mol. The zero-order chi connectivity index (χ0) is 22.9. The van der Waals surface area contributed by atoms with Crippen molar-refractivity contribution in [2.45, 2.75) is 57.8 Å². The van der Waals surface area contributed by atoms with Crippen molar-refractivity contribution in [2.24, 2.45) is 17.8 Å². The Kier molecular flexibility index (Phi) is 9.28. The fourth-order valence-electron chi connectivity index (χ4n) is 4.29. The van der Waals surface area contributed by atoms with Crippen molar-refractivity contribution in [3.63, 3.8) is 0 Å². The molecule has 10 heteroatoms. The molecule has 32 heavy (non-hydrogen) atoms. The van der Waals surface area contributed by atoms with Gasteiger partial charge >= 0.3 is 12.1 Å². The van der Waals surface area contributed by atoms with Gasteiger partial charge in [0, 0.05) is 26.1 Å². The number of rotatable bonds is 10. The van der Waals surface area contributed by atoms with Crippen LogP contribution in [-0.2, 0) is 19.1 Å². The van der Waals surface area contributed by atoms with Crippen LogP contribution in [0, 0.1) is 17.8 Å². The summed E-state index contributed by atoms with van der Waals surface area (Å²) in [6.07, 6.45) is 5.77. The summed E-state index contributed by atoms with van der Waals surface area (Å²) in [7, 11) is 0. The Morgan fingerprint density at radius 2 is 1.78 bits per heavy atom. The summed E-state index contributed by atoms with van der Waals surface area (Å²) in [6.45, 7) is 3.09. The van der Waals surface area contributed by atoms with Crippen molar-refractivity contribution in [3.8, 4) is 0 Å². The van der Waals surface area contributed by atoms with Crippen molar-refractivity contribution in [3.05, 3.63) is 0 Å². The lowest BCUT2D eigenvalue weighted by Gasteiger charge is -2.34. The molecule has 2 heterocycles. The highest BCUT2D eigenvalue weighted by Gasteiger charge is 2.35. The molecule has 2 saturated heterocycles. The van der Waals surface area contributed by atoms with E-state index >= 15 is 0 Å². The van der Waals surface area contributed by atoms with Crippen molar-refractivity contribution in [2.75, 3.05) is 39.3 Å². The number of carboxylic acid groups (broad SMARTS) is 1. The molecule has 1 atom stereocenters. The summed E-state index contributed by atoms with van der Waals surface area (Å²) in [5, 5.41) is 13.0. The zero-order valence-electron chi connectivity index (χ0n) is 18.7. The van der Waals surface area contributed by atoms with Crippen LogP contribution in [0.1, 0.15) is 57.8 Å². The molecule has 3 fully saturated rings. The van der Waals surface area contributed by atoms with Crippen molar-refractivity contribution >= 4 is 23.9 Å². The first kappa shape index (κ1) is 24.4. The molecule has 3 amide bonds. The smallest absolute Gasteiger partial charge is 0.431 e. The normalized spacial score (nSPS) is 21.8. The molecule has 0 radical (unpaired) electrons. The number of carbonyl (C=O) groups is 4. The number of nitrogens with one attached hydrogen (secondary N) is 2. The number of likely N-dealkylation sites (tertiary alicyclic amines) is 1. The van der Waals surface area contributed by atoms with E-state index in [9.17, 15) is 19.2 Å². The predicted octanol–water partition coefficient (Wildman–Crippen LogP) is 1.36. The second-order valence-corrected chi connectivity index (χ2v) is 9.16. The molecule has 0 unspecified atom stereocenters. The Bertz CT molecular complexity index is 677. The Hall–Kier alpha value is -2.20. The Morgan fingerprint density at radius 3 is 2.47 bits per heavy atom. The summed E-state index contributed by atoms with van der Waals surface area (Å²) in [4.78, 5) is 51.0. The summed E-state index contributed by atoms with van der Waals surface area (Å²) in [6, 6.07) is 0. The molecule has 0 spiro atoms. The topological polar surface area (TPSA) is 128 Å². The van der Waals surface area contributed by atoms with E-state index in [0.717, 1.165) is 50.2 Å². The van der Waals surface area contributed by atoms with E-state index in [1.54, 1.807) is 4.90 Å². The molecule has 180 valence electrons. The summed E-state index contributed by atoms with van der Waals surface area (Å²) < 4.78 is 5.25. The van der Waals surface area contributed by atoms with Crippen LogP contribution < -0.4 is 10.7 Å². The Morgan fingerprint density at radius 1 is 1.03 bits per heavy atom. The van der Waals surface area contributed by atoms with Crippen LogP contribution in [-0.4, -0.2) is 78.2 Å². The Labute approximate surface area is 189 Å². The number of piperidine rings is 2. The standard InChI is InChI=1S/C22H36N4O6/c27-19(6-5-16-7-10-23-11-8-16)25-13-1-2-18(14-25)21(30)26(24-12-9-20(28)29)22(31)32-15-17-3-4-17/h16-18,23-24H,1-15H2,(H,28,29)/t18-/m1/s1. The second-order valence-electron chi connectivity index (χ2n) is 9.16. The van der Waals surface area contributed by atoms with Gasteiger partial charge in [0.15, 0.2) is 0 Å². The molecular weight excluding hydrogens is 416 g/mol. The van der Waals surface area contributed by atoms with E-state index in [4.69, 9.17) is 9.84 Å². The minimum absolute atomic E-state index is 0.0581. The first-order chi connectivity index (χ1) is 15.4. The largest absolute Gasteiger partial charge is 0.481 e. The van der Waals surface area contributed by atoms with Crippen LogP contribution in [0.4, 0.5) is 4.79 Å². The minimum atomic E-state index is -1.03. The van der Waals surface area contributed by atoms with Crippen molar-refractivity contribution in [1.82, 2.24) is 20.7 Å². The fraction of sp³-hybridized carbons (Fsp3) is 0.818. The van der Waals surface area contributed by atoms with Crippen LogP contribution in [0.25, 0.3) is 0 Å². The van der Waals surface area contributed by atoms with Gasteiger partial charge in [0.2, 0.25) is 5.91 Å². The van der Waals surface area contributed by atoms with Gasteiger partial charge in [-0.3, -0.25) is 14.4 Å². The van der Waals surface area contributed by atoms with Crippen LogP contribution in [0.2, 0.25) is 0 Å². The number of nitrogens with zero attached hydrogens (tertiary/aromatic N) is 2. The summed E-state index contributed by atoms with van der Waals surface area (Å²) in [5.74, 6) is -1.04. The number of hydrogen-bond acceptors (Lipinski definition) is 7. The third kappa shape index (κ3) is 7.74. The van der Waals surface area contributed by atoms with Gasteiger partial charge in [-0.25, -0.2) is 10.2 Å². The maximum atomic E-state index is 13.1. The average Bonchev–Trinajstić information content (AvgIpc) is 3.63. The SMILES string of the molecule is O=C(O)CCNN(C(=O)OCC1CC1)C(=O)[C@@H]1CCCN(C(=O)CCC2CCNCC2)C1. The predicted molar refractivity (Wildman–Crippen MR) is 115 cm³/mol. The first-order valence-corrected chi connectivity index (χ1v) is 11.9. The van der Waals surface area contributed by atoms with E-state index in [-0.39, 0.29) is 32.0 Å². The number of hydrogen-bond donors (Lipinski definition) is 3. The molecule has 10 nitrogen and oxygen atoms in total. The number of amides is 3. The number of ether oxygens (including phenoxy) is 1. The molecule has 1 saturated carbocycles. The zero-order valence-corrected chi connectivity index (χ0v) is 18.7. The van der Waals surface area contributed by atoms with Gasteiger partial charge in [0.05, 0.1) is 18.9 Å². The lowest BCUT2D eigenvalue weighted by Crippen LogP contribution is -2.54. The lowest BCUT2D eigenvalue weighted by molar-refractivity contribution is -0.143. The van der Waals surface area contributed by atoms with E-state index < -0.39 is 23.9 Å². The Balaban J connectivity index is 1.52. The van der Waals surface area contributed by atoms with Gasteiger partial charge in [-0.05, 0) is 69.9 Å². The van der Waals surface area contributed by atoms with Crippen LogP contribution in [0.15, 0.2) is 0 Å². The van der Waals surface area contributed by atoms with E-state index in [1.807, 2.05) is 0 Å². The molecular formula is C22H36N4O6. The third-order valence-corrected chi connectivity index (χ3v) is 6.50. The van der Waals surface area contributed by atoms with Crippen LogP contribution in [0.5, 0.6) is 0 Å². The molecule has 3 rings (SSSR count). The van der Waals surface area contributed by atoms with Gasteiger partial charge in [0.25, 0.3) is 5.91 Å². The highest BCUT2D eigenvalue weighted by atomic mass is 16.6. The fourth-order valence-corrected chi connectivity index (χ4v) is 4.29. The molecule has 0 aromatic rings. The van der Waals surface area contributed by atoms with Gasteiger partial charge in [0.1, 0.15) is 0 Å². The summed E-state index contributed by atoms with van der Waals surface area (Å²) in [5.41, 5.74) is 2.62. The number of carboxylic acids is 1. The second kappa shape index (κ2) is 12.2. The van der Waals surface area contributed by atoms with E-state index in [2.05, 4.69) is 10.7 Å². The van der Waals surface area contributed by atoms with Gasteiger partial charge < -0.3 is 20.1 Å². The molecule has 3 N–H and O–H groups in total. The molecule has 1 aliphatic carbocycles. The van der Waals surface area contributed by atoms with Gasteiger partial charge in [-0.15, -0.1) is 0 Å². The minimum Gasteiger partial charge on any atom is -0.481 e. The maximum Gasteiger partial charge on any atom is 0.431 e. The third-order valence-electron chi connectivity index (χ3n) is 6.50. The van der Waals surface area contributed by atoms with E-state index in [1.165, 1.54) is 0 Å². The number of hydrazine groups is 1. The molecule has 0 aromatic carbocycles. The van der Waals surface area contributed by atoms with E-state index in [0.29, 0.717) is 37.6 Å². The summed E-state index contributed by atoms with van der Waals surface area (Å²) >= 11 is 0. The molecule has 3 aliphatic rings. The highest BCUT2D eigenvalue weighted by Crippen LogP contribution is 2.29. The number of carbonyl (C=O) groups excluding carboxylic acids is 3. The molecule has 0 bridgehead atoms. The number of imide groups is 1. The van der Waals surface area contributed by atoms with Crippen molar-refractivity contribution in [1.29, 1.82) is 0 Å². The van der Waals surface area contributed by atoms with Crippen LogP contribution >= 0.6 is 0 Å². The first-order valence-electron chi connectivity index (χ1n) is 11.9. The molecule has 0 aromatic heterocycles. The quantitative estimate of drug-likeness (QED) is 0.424. The van der Waals surface area contributed by atoms with Gasteiger partial charge in [-0.2, -0.15) is 5.01 Å². The highest BCUT2D eigenvalue weighted by molar-refractivity contribution is 5.93. The van der Waals surface area contributed by atoms with Gasteiger partial charge in [-0.1, -0.05) is 0 Å². The maximum absolute atomic E-state index is 13.1. The lowest BCUT2D eigenvalue weighted by atomic mass is 9.92.